The Balaban J connectivity index is 1.48. The molecule has 25 heavy (non-hydrogen) atoms. The molecule has 2 aliphatic rings. The smallest absolute Gasteiger partial charge is 0.351 e. The number of halogens is 2. The Morgan fingerprint density at radius 1 is 1.40 bits per heavy atom. The highest BCUT2D eigenvalue weighted by Gasteiger charge is 2.52. The van der Waals surface area contributed by atoms with Crippen LogP contribution in [0.25, 0.3) is 0 Å². The Morgan fingerprint density at radius 2 is 2.24 bits per heavy atom. The van der Waals surface area contributed by atoms with Crippen molar-refractivity contribution in [3.8, 4) is 0 Å². The van der Waals surface area contributed by atoms with Crippen LogP contribution in [0.4, 0.5) is 14.6 Å². The summed E-state index contributed by atoms with van der Waals surface area (Å²) in [6.45, 7) is 2.51. The lowest BCUT2D eigenvalue weighted by Crippen LogP contribution is -2.38. The third kappa shape index (κ3) is 3.02. The number of imidazole rings is 1. The monoisotopic (exact) mass is 352 g/mol. The number of hydrogen-bond donors (Lipinski definition) is 1. The van der Waals surface area contributed by atoms with E-state index in [4.69, 9.17) is 10.5 Å². The fraction of sp³-hybridized carbons (Fsp3) is 0.533. The van der Waals surface area contributed by atoms with E-state index < -0.39 is 30.4 Å². The largest absolute Gasteiger partial charge is 0.383 e. The van der Waals surface area contributed by atoms with Gasteiger partial charge in [-0.15, -0.1) is 0 Å². The summed E-state index contributed by atoms with van der Waals surface area (Å²) in [4.78, 5) is 21.5. The van der Waals surface area contributed by atoms with Gasteiger partial charge in [-0.3, -0.25) is 9.47 Å². The number of alkyl halides is 2. The normalized spacial score (nSPS) is 25.8. The topological polar surface area (TPSA) is 91.2 Å². The molecule has 2 aromatic heterocycles. The summed E-state index contributed by atoms with van der Waals surface area (Å²) in [6.07, 6.45) is 1.98. The number of fused-ring (bicyclic) bond motifs is 1. The summed E-state index contributed by atoms with van der Waals surface area (Å²) in [5, 5.41) is 0. The molecule has 0 radical (unpaired) electrons. The van der Waals surface area contributed by atoms with Crippen molar-refractivity contribution < 1.29 is 13.5 Å². The maximum absolute atomic E-state index is 14.4. The van der Waals surface area contributed by atoms with Gasteiger partial charge in [-0.25, -0.2) is 18.6 Å². The molecule has 0 aromatic carbocycles. The zero-order chi connectivity index (χ0) is 17.6. The first-order valence-corrected chi connectivity index (χ1v) is 8.02. The number of hydrogen-bond acceptors (Lipinski definition) is 6. The molecule has 0 spiro atoms. The van der Waals surface area contributed by atoms with E-state index in [2.05, 4.69) is 14.9 Å². The van der Waals surface area contributed by atoms with Crippen LogP contribution in [0.1, 0.15) is 18.3 Å². The van der Waals surface area contributed by atoms with Crippen LogP contribution >= 0.6 is 0 Å². The quantitative estimate of drug-likeness (QED) is 0.863. The van der Waals surface area contributed by atoms with Crippen molar-refractivity contribution in [2.24, 2.45) is 0 Å². The molecule has 2 aliphatic heterocycles. The highest BCUT2D eigenvalue weighted by molar-refractivity contribution is 5.23. The number of rotatable bonds is 3. The predicted molar refractivity (Wildman–Crippen MR) is 83.9 cm³/mol. The van der Waals surface area contributed by atoms with Crippen LogP contribution < -0.4 is 11.4 Å². The van der Waals surface area contributed by atoms with Crippen molar-refractivity contribution >= 4 is 5.82 Å². The second-order valence-electron chi connectivity index (χ2n) is 6.43. The van der Waals surface area contributed by atoms with Gasteiger partial charge in [-0.05, 0) is 6.07 Å². The number of nitrogen functional groups attached to an aromatic ring is 1. The van der Waals surface area contributed by atoms with Crippen molar-refractivity contribution in [3.63, 3.8) is 0 Å². The maximum Gasteiger partial charge on any atom is 0.351 e. The fourth-order valence-corrected chi connectivity index (χ4v) is 3.40. The van der Waals surface area contributed by atoms with Gasteiger partial charge in [-0.2, -0.15) is 4.98 Å². The molecule has 0 bridgehead atoms. The zero-order valence-corrected chi connectivity index (χ0v) is 13.4. The van der Waals surface area contributed by atoms with Crippen molar-refractivity contribution in [2.75, 3.05) is 18.8 Å². The summed E-state index contributed by atoms with van der Waals surface area (Å²) in [5.74, 6) is -3.16. The van der Waals surface area contributed by atoms with Crippen molar-refractivity contribution in [1.29, 1.82) is 0 Å². The predicted octanol–water partition coefficient (Wildman–Crippen LogP) is 0.461. The number of nitrogens with zero attached hydrogens (tertiary/aromatic N) is 5. The number of ether oxygens (including phenoxy) is 1. The summed E-state index contributed by atoms with van der Waals surface area (Å²) < 4.78 is 37.2. The summed E-state index contributed by atoms with van der Waals surface area (Å²) >= 11 is 0. The highest BCUT2D eigenvalue weighted by Crippen LogP contribution is 2.42. The third-order valence-corrected chi connectivity index (χ3v) is 4.59. The molecule has 2 N–H and O–H groups in total. The molecule has 0 saturated carbocycles. The minimum atomic E-state index is -3.15. The van der Waals surface area contributed by atoms with Gasteiger partial charge < -0.3 is 15.0 Å². The van der Waals surface area contributed by atoms with Crippen LogP contribution in [0.5, 0.6) is 0 Å². The molecule has 0 aliphatic carbocycles. The third-order valence-electron chi connectivity index (χ3n) is 4.59. The molecule has 0 amide bonds. The Bertz CT molecular complexity index is 835. The minimum absolute atomic E-state index is 0.0101. The lowest BCUT2D eigenvalue weighted by molar-refractivity contribution is -0.119. The molecule has 4 heterocycles. The molecule has 1 fully saturated rings. The van der Waals surface area contributed by atoms with Crippen LogP contribution in [0.2, 0.25) is 0 Å². The van der Waals surface area contributed by atoms with E-state index in [9.17, 15) is 13.6 Å². The van der Waals surface area contributed by atoms with E-state index in [0.717, 1.165) is 23.4 Å². The van der Waals surface area contributed by atoms with Crippen molar-refractivity contribution in [1.82, 2.24) is 24.0 Å². The summed E-state index contributed by atoms with van der Waals surface area (Å²) in [5.41, 5.74) is 5.62. The van der Waals surface area contributed by atoms with E-state index in [-0.39, 0.29) is 5.82 Å². The van der Waals surface area contributed by atoms with E-state index in [1.54, 1.807) is 12.5 Å². The molecule has 2 atom stereocenters. The number of anilines is 1. The standard InChI is InChI=1S/C15H18F2N6O2/c16-15(17)5-11(8-21-3-4-22-9-19-6-10(22)7-21)25-13(15)23-2-1-12(18)20-14(23)24/h1-2,6,9,11,13H,3-5,7-8H2,(H2,18,20,24)/t11-,13+/m0/s1. The molecule has 1 saturated heterocycles. The van der Waals surface area contributed by atoms with E-state index in [1.165, 1.54) is 12.3 Å². The van der Waals surface area contributed by atoms with E-state index in [0.29, 0.717) is 13.1 Å². The fourth-order valence-electron chi connectivity index (χ4n) is 3.40. The first kappa shape index (κ1) is 16.2. The zero-order valence-electron chi connectivity index (χ0n) is 13.4. The molecule has 2 aromatic rings. The molecule has 8 nitrogen and oxygen atoms in total. The van der Waals surface area contributed by atoms with Gasteiger partial charge in [0.05, 0.1) is 18.1 Å². The lowest BCUT2D eigenvalue weighted by Gasteiger charge is -2.29. The Labute approximate surface area is 141 Å². The minimum Gasteiger partial charge on any atom is -0.383 e. The molecule has 0 unspecified atom stereocenters. The molecular weight excluding hydrogens is 334 g/mol. The van der Waals surface area contributed by atoms with Crippen molar-refractivity contribution in [3.05, 3.63) is 41.0 Å². The van der Waals surface area contributed by atoms with Gasteiger partial charge >= 0.3 is 5.69 Å². The summed E-state index contributed by atoms with van der Waals surface area (Å²) in [7, 11) is 0. The molecule has 134 valence electrons. The average molecular weight is 352 g/mol. The average Bonchev–Trinajstić information content (AvgIpc) is 3.11. The first-order valence-electron chi connectivity index (χ1n) is 8.02. The van der Waals surface area contributed by atoms with Crippen LogP contribution in [0.15, 0.2) is 29.6 Å². The van der Waals surface area contributed by atoms with Gasteiger partial charge in [0, 0.05) is 45.0 Å². The Hall–Kier alpha value is -2.33. The Kier molecular flexibility index (Phi) is 3.80. The Morgan fingerprint density at radius 3 is 3.04 bits per heavy atom. The molecular formula is C15H18F2N6O2. The van der Waals surface area contributed by atoms with Crippen LogP contribution in [0.3, 0.4) is 0 Å². The van der Waals surface area contributed by atoms with E-state index in [1.807, 2.05) is 4.57 Å². The molecule has 4 rings (SSSR count). The van der Waals surface area contributed by atoms with Gasteiger partial charge in [0.1, 0.15) is 5.82 Å². The second kappa shape index (κ2) is 5.88. The molecule has 10 heteroatoms. The van der Waals surface area contributed by atoms with Gasteiger partial charge in [-0.1, -0.05) is 0 Å². The maximum atomic E-state index is 14.4. The van der Waals surface area contributed by atoms with Crippen LogP contribution in [0, 0.1) is 0 Å². The SMILES string of the molecule is Nc1ccn([C@@H]2O[C@H](CN3CCn4cncc4C3)CC2(F)F)c(=O)n1. The van der Waals surface area contributed by atoms with Gasteiger partial charge in [0.25, 0.3) is 5.92 Å². The van der Waals surface area contributed by atoms with Gasteiger partial charge in [0.15, 0.2) is 0 Å². The summed E-state index contributed by atoms with van der Waals surface area (Å²) in [6, 6.07) is 1.31. The van der Waals surface area contributed by atoms with E-state index >= 15 is 0 Å². The first-order chi connectivity index (χ1) is 11.9. The number of aromatic nitrogens is 4. The van der Waals surface area contributed by atoms with Crippen LogP contribution in [-0.2, 0) is 17.8 Å². The second-order valence-corrected chi connectivity index (χ2v) is 6.43. The van der Waals surface area contributed by atoms with Gasteiger partial charge in [0.2, 0.25) is 6.23 Å². The number of nitrogens with two attached hydrogens (primary N) is 1. The highest BCUT2D eigenvalue weighted by atomic mass is 19.3. The van der Waals surface area contributed by atoms with Crippen LogP contribution in [-0.4, -0.2) is 49.1 Å². The van der Waals surface area contributed by atoms with Crippen molar-refractivity contribution in [2.45, 2.75) is 37.8 Å². The lowest BCUT2D eigenvalue weighted by atomic mass is 10.1.